The fourth-order valence-corrected chi connectivity index (χ4v) is 2.62. The van der Waals surface area contributed by atoms with E-state index in [1.54, 1.807) is 13.4 Å². The molecule has 0 radical (unpaired) electrons. The van der Waals surface area contributed by atoms with E-state index in [1.165, 1.54) is 11.8 Å². The Labute approximate surface area is 97.2 Å². The summed E-state index contributed by atoms with van der Waals surface area (Å²) in [6, 6.07) is 7.69. The molecule has 0 saturated carbocycles. The molecule has 0 heterocycles. The quantitative estimate of drug-likeness (QED) is 0.812. The van der Waals surface area contributed by atoms with Crippen molar-refractivity contribution >= 4 is 28.6 Å². The molecule has 0 aliphatic carbocycles. The molecule has 4 heteroatoms. The van der Waals surface area contributed by atoms with Gasteiger partial charge in [-0.2, -0.15) is 0 Å². The van der Waals surface area contributed by atoms with Gasteiger partial charge in [-0.3, -0.25) is 4.21 Å². The molecule has 0 aliphatic heterocycles. The van der Waals surface area contributed by atoms with Gasteiger partial charge in [0.25, 0.3) is 0 Å². The molecule has 1 aromatic carbocycles. The fourth-order valence-electron chi connectivity index (χ4n) is 1.13. The summed E-state index contributed by atoms with van der Waals surface area (Å²) in [6.45, 7) is 0. The van der Waals surface area contributed by atoms with Crippen molar-refractivity contribution in [2.24, 2.45) is 0 Å². The van der Waals surface area contributed by atoms with Gasteiger partial charge < -0.3 is 4.74 Å². The number of ether oxygens (including phenoxy) is 1. The van der Waals surface area contributed by atoms with Crippen LogP contribution in [0.5, 0.6) is 5.75 Å². The Morgan fingerprint density at radius 1 is 1.53 bits per heavy atom. The highest BCUT2D eigenvalue weighted by Crippen LogP contribution is 2.21. The van der Waals surface area contributed by atoms with Crippen LogP contribution in [0.2, 0.25) is 0 Å². The number of hydrogen-bond acceptors (Lipinski definition) is 3. The molecule has 0 saturated heterocycles. The second kappa shape index (κ2) is 5.98. The van der Waals surface area contributed by atoms with E-state index < -0.39 is 10.8 Å². The molecule has 0 aliphatic rings. The molecule has 1 atom stereocenters. The predicted octanol–water partition coefficient (Wildman–Crippen LogP) is 2.74. The summed E-state index contributed by atoms with van der Waals surface area (Å²) in [5.41, 5.74) is 1.01. The summed E-state index contributed by atoms with van der Waals surface area (Å²) >= 11 is 1.51. The van der Waals surface area contributed by atoms with E-state index in [0.29, 0.717) is 0 Å². The monoisotopic (exact) mass is 242 g/mol. The van der Waals surface area contributed by atoms with Crippen LogP contribution in [0.1, 0.15) is 5.56 Å². The first kappa shape index (κ1) is 12.3. The third-order valence-corrected chi connectivity index (χ3v) is 4.27. The second-order valence-electron chi connectivity index (χ2n) is 2.90. The first-order chi connectivity index (χ1) is 7.17. The van der Waals surface area contributed by atoms with E-state index in [4.69, 9.17) is 4.74 Å². The highest BCUT2D eigenvalue weighted by molar-refractivity contribution is 8.16. The summed E-state index contributed by atoms with van der Waals surface area (Å²) in [6.07, 6.45) is 5.53. The molecule has 1 aromatic rings. The third-order valence-electron chi connectivity index (χ3n) is 1.86. The van der Waals surface area contributed by atoms with Crippen LogP contribution in [-0.2, 0) is 10.8 Å². The number of hydrogen-bond donors (Lipinski definition) is 0. The molecule has 0 bridgehead atoms. The van der Waals surface area contributed by atoms with Gasteiger partial charge >= 0.3 is 0 Å². The minimum absolute atomic E-state index is 0.811. The maximum atomic E-state index is 11.3. The van der Waals surface area contributed by atoms with Gasteiger partial charge in [0.1, 0.15) is 5.75 Å². The average Bonchev–Trinajstić information content (AvgIpc) is 2.25. The fraction of sp³-hybridized carbons (Fsp3) is 0.273. The summed E-state index contributed by atoms with van der Waals surface area (Å²) in [5, 5.41) is 0. The van der Waals surface area contributed by atoms with Gasteiger partial charge in [-0.25, -0.2) is 0 Å². The lowest BCUT2D eigenvalue weighted by Crippen LogP contribution is -1.87. The number of benzene rings is 1. The van der Waals surface area contributed by atoms with Crippen molar-refractivity contribution in [1.29, 1.82) is 0 Å². The largest absolute Gasteiger partial charge is 0.497 e. The molecule has 0 fully saturated rings. The van der Waals surface area contributed by atoms with E-state index in [-0.39, 0.29) is 0 Å². The Hall–Kier alpha value is -0.740. The maximum absolute atomic E-state index is 11.3. The smallest absolute Gasteiger partial charge is 0.119 e. The van der Waals surface area contributed by atoms with Crippen molar-refractivity contribution in [2.75, 3.05) is 19.6 Å². The van der Waals surface area contributed by atoms with Crippen LogP contribution in [-0.4, -0.2) is 23.8 Å². The zero-order valence-corrected chi connectivity index (χ0v) is 10.7. The van der Waals surface area contributed by atoms with Gasteiger partial charge in [-0.15, -0.1) is 11.8 Å². The van der Waals surface area contributed by atoms with Crippen LogP contribution in [0.3, 0.4) is 0 Å². The Morgan fingerprint density at radius 2 is 2.27 bits per heavy atom. The van der Waals surface area contributed by atoms with Crippen LogP contribution >= 0.6 is 11.8 Å². The lowest BCUT2D eigenvalue weighted by atomic mass is 10.2. The Morgan fingerprint density at radius 3 is 2.80 bits per heavy atom. The van der Waals surface area contributed by atoms with E-state index in [2.05, 4.69) is 0 Å². The Kier molecular flexibility index (Phi) is 4.91. The highest BCUT2D eigenvalue weighted by Gasteiger charge is 2.00. The van der Waals surface area contributed by atoms with Gasteiger partial charge in [0.05, 0.1) is 22.1 Å². The molecule has 0 N–H and O–H groups in total. The third kappa shape index (κ3) is 3.72. The molecule has 0 spiro atoms. The van der Waals surface area contributed by atoms with Crippen LogP contribution in [0, 0.1) is 0 Å². The lowest BCUT2D eigenvalue weighted by molar-refractivity contribution is 0.414. The number of thioether (sulfide) groups is 1. The second-order valence-corrected chi connectivity index (χ2v) is 5.35. The van der Waals surface area contributed by atoms with Gasteiger partial charge in [0.15, 0.2) is 0 Å². The zero-order valence-electron chi connectivity index (χ0n) is 9.02. The van der Waals surface area contributed by atoms with Crippen molar-refractivity contribution in [3.8, 4) is 5.75 Å². The molecule has 1 unspecified atom stereocenters. The van der Waals surface area contributed by atoms with E-state index >= 15 is 0 Å². The number of rotatable bonds is 4. The SMILES string of the molecule is COc1cccc(C=C(SC)S(C)=O)c1. The van der Waals surface area contributed by atoms with Gasteiger partial charge in [-0.05, 0) is 30.0 Å². The van der Waals surface area contributed by atoms with Crippen LogP contribution < -0.4 is 4.74 Å². The Balaban J connectivity index is 3.00. The molecule has 2 nitrogen and oxygen atoms in total. The minimum Gasteiger partial charge on any atom is -0.497 e. The van der Waals surface area contributed by atoms with E-state index in [0.717, 1.165) is 15.6 Å². The molecule has 1 rings (SSSR count). The predicted molar refractivity (Wildman–Crippen MR) is 68.6 cm³/mol. The lowest BCUT2D eigenvalue weighted by Gasteiger charge is -2.02. The van der Waals surface area contributed by atoms with Gasteiger partial charge in [0.2, 0.25) is 0 Å². The first-order valence-electron chi connectivity index (χ1n) is 4.40. The van der Waals surface area contributed by atoms with Crippen molar-refractivity contribution in [3.63, 3.8) is 0 Å². The topological polar surface area (TPSA) is 26.3 Å². The van der Waals surface area contributed by atoms with Crippen molar-refractivity contribution in [2.45, 2.75) is 0 Å². The Bertz CT molecular complexity index is 386. The van der Waals surface area contributed by atoms with Crippen LogP contribution in [0.25, 0.3) is 6.08 Å². The van der Waals surface area contributed by atoms with Crippen LogP contribution in [0.4, 0.5) is 0 Å². The maximum Gasteiger partial charge on any atom is 0.119 e. The zero-order chi connectivity index (χ0) is 11.3. The molecule has 0 aromatic heterocycles. The van der Waals surface area contributed by atoms with E-state index in [1.807, 2.05) is 36.6 Å². The van der Waals surface area contributed by atoms with Crippen molar-refractivity contribution in [1.82, 2.24) is 0 Å². The molecule has 0 amide bonds. The van der Waals surface area contributed by atoms with E-state index in [9.17, 15) is 4.21 Å². The number of methoxy groups -OCH3 is 1. The highest BCUT2D eigenvalue weighted by atomic mass is 32.2. The summed E-state index contributed by atoms with van der Waals surface area (Å²) in [7, 11) is 0.706. The van der Waals surface area contributed by atoms with Gasteiger partial charge in [-0.1, -0.05) is 12.1 Å². The summed E-state index contributed by atoms with van der Waals surface area (Å²) in [4.78, 5) is 0. The van der Waals surface area contributed by atoms with Crippen LogP contribution in [0.15, 0.2) is 28.5 Å². The standard InChI is InChI=1S/C11H14O2S2/c1-13-10-6-4-5-9(7-10)8-11(14-2)15(3)12/h4-8H,1-3H3. The normalized spacial score (nSPS) is 13.7. The first-order valence-corrected chi connectivity index (χ1v) is 7.19. The molecular formula is C11H14O2S2. The molecule has 15 heavy (non-hydrogen) atoms. The molecular weight excluding hydrogens is 228 g/mol. The average molecular weight is 242 g/mol. The minimum atomic E-state index is -0.929. The summed E-state index contributed by atoms with van der Waals surface area (Å²) < 4.78 is 17.3. The summed E-state index contributed by atoms with van der Waals surface area (Å²) in [5.74, 6) is 0.811. The van der Waals surface area contributed by atoms with Crippen molar-refractivity contribution < 1.29 is 8.95 Å². The van der Waals surface area contributed by atoms with Crippen molar-refractivity contribution in [3.05, 3.63) is 34.1 Å². The van der Waals surface area contributed by atoms with Gasteiger partial charge in [0, 0.05) is 6.26 Å². The molecule has 82 valence electrons.